The lowest BCUT2D eigenvalue weighted by Crippen LogP contribution is -2.57. The second-order valence-electron chi connectivity index (χ2n) is 22.5. The third-order valence-corrected chi connectivity index (χ3v) is 11.6. The number of primary amides is 1. The van der Waals surface area contributed by atoms with Crippen LogP contribution in [0.2, 0.25) is 0 Å². The summed E-state index contributed by atoms with van der Waals surface area (Å²) in [7, 11) is 0. The van der Waals surface area contributed by atoms with Gasteiger partial charge in [0.15, 0.2) is 0 Å². The van der Waals surface area contributed by atoms with E-state index in [2.05, 4.69) is 42.5 Å². The quantitative estimate of drug-likeness (QED) is 0.0413. The molecule has 0 aliphatic heterocycles. The smallest absolute Gasteiger partial charge is 0.407 e. The zero-order valence-electron chi connectivity index (χ0n) is 47.0. The second-order valence-corrected chi connectivity index (χ2v) is 22.5. The summed E-state index contributed by atoms with van der Waals surface area (Å²) >= 11 is 0. The van der Waals surface area contributed by atoms with Gasteiger partial charge in [-0.15, -0.1) is 0 Å². The Morgan fingerprint density at radius 2 is 1.00 bits per heavy atom. The van der Waals surface area contributed by atoms with Gasteiger partial charge >= 0.3 is 18.3 Å². The molecule has 2 aromatic carbocycles. The molecule has 0 saturated heterocycles. The van der Waals surface area contributed by atoms with Crippen LogP contribution >= 0.6 is 0 Å². The monoisotopic (exact) mass is 1080 g/mol. The molecule has 0 fully saturated rings. The van der Waals surface area contributed by atoms with E-state index in [0.29, 0.717) is 19.3 Å². The molecule has 0 bridgehead atoms. The number of fused-ring (bicyclic) bond motifs is 3. The summed E-state index contributed by atoms with van der Waals surface area (Å²) in [5.74, 6) is -4.93. The van der Waals surface area contributed by atoms with E-state index >= 15 is 0 Å². The number of unbranched alkanes of at least 4 members (excludes halogenated alkanes) is 2. The fourth-order valence-electron chi connectivity index (χ4n) is 8.33. The molecule has 428 valence electrons. The molecule has 0 heterocycles. The fourth-order valence-corrected chi connectivity index (χ4v) is 8.33. The minimum atomic E-state index is -1.28. The third kappa shape index (κ3) is 24.3. The van der Waals surface area contributed by atoms with Gasteiger partial charge in [0.1, 0.15) is 42.0 Å². The lowest BCUT2D eigenvalue weighted by molar-refractivity contribution is -0.135. The lowest BCUT2D eigenvalue weighted by atomic mass is 9.98. The number of alkyl carbamates (subject to hydrolysis) is 3. The van der Waals surface area contributed by atoms with Crippen molar-refractivity contribution in [3.05, 3.63) is 59.7 Å². The number of carbonyl (C=O) groups excluding carboxylic acids is 9. The summed E-state index contributed by atoms with van der Waals surface area (Å²) in [4.78, 5) is 119. The molecule has 3 rings (SSSR count). The molecule has 1 aliphatic rings. The van der Waals surface area contributed by atoms with Crippen molar-refractivity contribution in [2.24, 2.45) is 11.7 Å². The Balaban J connectivity index is 1.79. The van der Waals surface area contributed by atoms with Gasteiger partial charge in [-0.2, -0.15) is 0 Å². The van der Waals surface area contributed by atoms with Crippen LogP contribution in [0.15, 0.2) is 48.5 Å². The highest BCUT2D eigenvalue weighted by atomic mass is 16.6. The Kier molecular flexibility index (Phi) is 25.1. The minimum absolute atomic E-state index is 0.000152. The molecule has 0 spiro atoms. The number of nitrogens with two attached hydrogens (primary N) is 1. The third-order valence-electron chi connectivity index (χ3n) is 11.6. The molecule has 22 nitrogen and oxygen atoms in total. The van der Waals surface area contributed by atoms with Crippen LogP contribution in [-0.2, 0) is 47.7 Å². The highest BCUT2D eigenvalue weighted by Crippen LogP contribution is 2.44. The molecule has 0 radical (unpaired) electrons. The van der Waals surface area contributed by atoms with Crippen molar-refractivity contribution in [2.75, 3.05) is 32.8 Å². The SMILES string of the molecule is CC(C)C[C@H](NC(=O)OCC1c2ccccc2-c2ccccc21)C(=O)N[C@@H](CCCCNC(=O)OC(C)(C)C)C(=O)N[C@@H](CCCCNC(=O)OC(C)(C)C)C(=O)NCC(=O)NCC(=O)N[C@H](C(N)=O)[C@@H](C)OC(C)(C)C. The second kappa shape index (κ2) is 30.1. The van der Waals surface area contributed by atoms with Crippen molar-refractivity contribution in [2.45, 2.75) is 181 Å². The Morgan fingerprint density at radius 3 is 1.47 bits per heavy atom. The van der Waals surface area contributed by atoms with E-state index in [1.165, 1.54) is 0 Å². The molecule has 0 unspecified atom stereocenters. The van der Waals surface area contributed by atoms with Crippen LogP contribution in [0.1, 0.15) is 145 Å². The molecule has 22 heteroatoms. The van der Waals surface area contributed by atoms with Gasteiger partial charge in [0.2, 0.25) is 35.4 Å². The topological polar surface area (TPSA) is 313 Å². The summed E-state index contributed by atoms with van der Waals surface area (Å²) in [6, 6.07) is 10.9. The molecule has 77 heavy (non-hydrogen) atoms. The van der Waals surface area contributed by atoms with E-state index in [1.807, 2.05) is 62.4 Å². The number of hydrogen-bond donors (Lipinski definition) is 9. The van der Waals surface area contributed by atoms with Gasteiger partial charge in [0.25, 0.3) is 0 Å². The zero-order valence-corrected chi connectivity index (χ0v) is 47.0. The van der Waals surface area contributed by atoms with Crippen molar-refractivity contribution in [1.29, 1.82) is 0 Å². The van der Waals surface area contributed by atoms with Crippen LogP contribution in [0.3, 0.4) is 0 Å². The summed E-state index contributed by atoms with van der Waals surface area (Å²) in [6.07, 6.45) is -1.38. The number of benzene rings is 2. The molecule has 2 aromatic rings. The minimum Gasteiger partial charge on any atom is -0.449 e. The molecular weight excluding hydrogens is 995 g/mol. The molecule has 10 N–H and O–H groups in total. The van der Waals surface area contributed by atoms with Crippen molar-refractivity contribution in [3.63, 3.8) is 0 Å². The van der Waals surface area contributed by atoms with Crippen LogP contribution in [-0.4, -0.2) is 134 Å². The van der Waals surface area contributed by atoms with E-state index in [-0.39, 0.29) is 57.2 Å². The summed E-state index contributed by atoms with van der Waals surface area (Å²) < 4.78 is 22.2. The van der Waals surface area contributed by atoms with Gasteiger partial charge in [-0.25, -0.2) is 14.4 Å². The Bertz CT molecular complexity index is 2300. The summed E-state index contributed by atoms with van der Waals surface area (Å²) in [6.45, 7) is 20.1. The van der Waals surface area contributed by atoms with Crippen LogP contribution in [0.5, 0.6) is 0 Å². The van der Waals surface area contributed by atoms with Gasteiger partial charge in [0, 0.05) is 19.0 Å². The molecular formula is C55H85N9O13. The average Bonchev–Trinajstić information content (AvgIpc) is 3.63. The highest BCUT2D eigenvalue weighted by molar-refractivity contribution is 5.95. The first-order valence-corrected chi connectivity index (χ1v) is 26.4. The molecule has 1 aliphatic carbocycles. The lowest BCUT2D eigenvalue weighted by Gasteiger charge is -2.29. The fraction of sp³-hybridized carbons (Fsp3) is 0.618. The highest BCUT2D eigenvalue weighted by Gasteiger charge is 2.34. The van der Waals surface area contributed by atoms with Crippen molar-refractivity contribution < 1.29 is 62.1 Å². The maximum atomic E-state index is 14.4. The van der Waals surface area contributed by atoms with Gasteiger partial charge in [-0.05, 0) is 142 Å². The van der Waals surface area contributed by atoms with E-state index in [4.69, 9.17) is 24.7 Å². The zero-order chi connectivity index (χ0) is 57.7. The maximum Gasteiger partial charge on any atom is 0.407 e. The first-order chi connectivity index (χ1) is 35.9. The molecule has 9 amide bonds. The number of rotatable bonds is 28. The van der Waals surface area contributed by atoms with E-state index in [9.17, 15) is 43.2 Å². The standard InChI is InChI=1S/C55H85N9O13/c1-33(2)29-42(63-52(73)74-32-39-37-23-15-13-21-35(37)36-22-14-16-24-38(36)39)49(70)62-41(26-18-20-28-58-51(72)77-55(10,11)12)48(69)61-40(25-17-19-27-57-50(71)76-54(7,8)9)47(68)60-30-43(65)59-31-44(66)64-45(46(56)67)34(3)75-53(4,5)6/h13-16,21-24,33-34,39-42,45H,17-20,25-32H2,1-12H3,(H2,56,67)(H,57,71)(H,58,72)(H,59,65)(H,60,68)(H,61,69)(H,62,70)(H,63,73)(H,64,66)/t34-,40+,41+,42+,45+/m1/s1. The number of nitrogens with one attached hydrogen (secondary N) is 8. The van der Waals surface area contributed by atoms with Crippen molar-refractivity contribution in [1.82, 2.24) is 42.5 Å². The summed E-state index contributed by atoms with van der Waals surface area (Å²) in [5.41, 5.74) is 7.51. The van der Waals surface area contributed by atoms with Gasteiger partial charge in [-0.1, -0.05) is 62.4 Å². The van der Waals surface area contributed by atoms with Crippen LogP contribution in [0.4, 0.5) is 14.4 Å². The number of hydrogen-bond acceptors (Lipinski definition) is 13. The van der Waals surface area contributed by atoms with E-state index in [1.54, 1.807) is 69.2 Å². The van der Waals surface area contributed by atoms with Gasteiger partial charge in [-0.3, -0.25) is 28.8 Å². The largest absolute Gasteiger partial charge is 0.449 e. The van der Waals surface area contributed by atoms with Crippen LogP contribution in [0, 0.1) is 5.92 Å². The average molecular weight is 1080 g/mol. The number of ether oxygens (including phenoxy) is 4. The molecule has 0 saturated carbocycles. The Morgan fingerprint density at radius 1 is 0.532 bits per heavy atom. The first kappa shape index (κ1) is 64.3. The predicted octanol–water partition coefficient (Wildman–Crippen LogP) is 4.71. The summed E-state index contributed by atoms with van der Waals surface area (Å²) in [5, 5.41) is 20.9. The normalized spacial score (nSPS) is 14.2. The van der Waals surface area contributed by atoms with Crippen molar-refractivity contribution in [3.8, 4) is 11.1 Å². The first-order valence-electron chi connectivity index (χ1n) is 26.4. The number of amides is 9. The van der Waals surface area contributed by atoms with E-state index in [0.717, 1.165) is 22.3 Å². The van der Waals surface area contributed by atoms with Crippen LogP contribution in [0.25, 0.3) is 11.1 Å². The van der Waals surface area contributed by atoms with E-state index < -0.39 is 114 Å². The maximum absolute atomic E-state index is 14.4. The van der Waals surface area contributed by atoms with Crippen molar-refractivity contribution >= 4 is 53.7 Å². The Hall–Kier alpha value is -6.97. The van der Waals surface area contributed by atoms with Crippen LogP contribution < -0.4 is 48.3 Å². The van der Waals surface area contributed by atoms with Gasteiger partial charge in [0.05, 0.1) is 24.8 Å². The van der Waals surface area contributed by atoms with Gasteiger partial charge < -0.3 is 67.2 Å². The Labute approximate surface area is 453 Å². The predicted molar refractivity (Wildman–Crippen MR) is 289 cm³/mol. The molecule has 0 aromatic heterocycles. The molecule has 5 atom stereocenters. The number of carbonyl (C=O) groups is 9.